The normalized spacial score (nSPS) is 20.1. The molecule has 2 aromatic heterocycles. The predicted molar refractivity (Wildman–Crippen MR) is 118 cm³/mol. The number of H-pyrrole nitrogens is 1. The molecular weight excluding hydrogens is 392 g/mol. The van der Waals surface area contributed by atoms with E-state index in [1.54, 1.807) is 0 Å². The number of hydrogen-bond acceptors (Lipinski definition) is 5. The Bertz CT molecular complexity index is 1070. The molecule has 5 rings (SSSR count). The van der Waals surface area contributed by atoms with Gasteiger partial charge in [0.15, 0.2) is 0 Å². The number of rotatable bonds is 4. The number of likely N-dealkylation sites (tertiary alicyclic amines) is 1. The monoisotopic (exact) mass is 422 g/mol. The minimum atomic E-state index is -0.0301. The highest BCUT2D eigenvalue weighted by molar-refractivity contribution is 5.95. The van der Waals surface area contributed by atoms with Crippen LogP contribution in [0.1, 0.15) is 57.7 Å². The summed E-state index contributed by atoms with van der Waals surface area (Å²) in [5.41, 5.74) is 5.13. The summed E-state index contributed by atoms with van der Waals surface area (Å²) in [5.74, 6) is 2.44. The quantitative estimate of drug-likeness (QED) is 0.690. The van der Waals surface area contributed by atoms with E-state index in [9.17, 15) is 4.79 Å². The van der Waals surface area contributed by atoms with Crippen LogP contribution >= 0.6 is 0 Å². The van der Waals surface area contributed by atoms with Crippen molar-refractivity contribution in [2.24, 2.45) is 0 Å². The van der Waals surface area contributed by atoms with Crippen molar-refractivity contribution in [1.29, 1.82) is 0 Å². The fraction of sp³-hybridized carbons (Fsp3) is 0.500. The van der Waals surface area contributed by atoms with Crippen LogP contribution in [0.2, 0.25) is 0 Å². The third kappa shape index (κ3) is 3.88. The van der Waals surface area contributed by atoms with Gasteiger partial charge in [-0.25, -0.2) is 4.98 Å². The van der Waals surface area contributed by atoms with Crippen molar-refractivity contribution in [2.45, 2.75) is 46.2 Å². The fourth-order valence-electron chi connectivity index (χ4n) is 4.71. The molecular formula is C24H30N4O3. The standard InChI is InChI=1S/C24H30N4O3/c1-15-11-20-21(12-16(15)2)26-23(25-20)22-5-4-6-28(22)24(29)19-13-18(31-17(19)3)14-27-7-9-30-10-8-27/h11-13,22H,4-10,14H2,1-3H3,(H,25,26)/t22-/m0/s1. The number of hydrogen-bond donors (Lipinski definition) is 1. The number of nitrogens with one attached hydrogen (secondary N) is 1. The van der Waals surface area contributed by atoms with E-state index in [0.717, 1.165) is 68.3 Å². The summed E-state index contributed by atoms with van der Waals surface area (Å²) in [7, 11) is 0. The second-order valence-corrected chi connectivity index (χ2v) is 8.80. The molecule has 1 aromatic carbocycles. The van der Waals surface area contributed by atoms with E-state index >= 15 is 0 Å². The summed E-state index contributed by atoms with van der Waals surface area (Å²) in [6.45, 7) is 10.8. The van der Waals surface area contributed by atoms with Gasteiger partial charge in [-0.05, 0) is 62.9 Å². The molecule has 31 heavy (non-hydrogen) atoms. The Kier molecular flexibility index (Phi) is 5.32. The van der Waals surface area contributed by atoms with Crippen molar-refractivity contribution in [3.8, 4) is 0 Å². The second kappa shape index (κ2) is 8.13. The highest BCUT2D eigenvalue weighted by Gasteiger charge is 2.34. The van der Waals surface area contributed by atoms with E-state index in [2.05, 4.69) is 35.9 Å². The number of morpholine rings is 1. The molecule has 1 N–H and O–H groups in total. The van der Waals surface area contributed by atoms with Crippen LogP contribution < -0.4 is 0 Å². The smallest absolute Gasteiger partial charge is 0.258 e. The van der Waals surface area contributed by atoms with Gasteiger partial charge in [0.25, 0.3) is 5.91 Å². The maximum absolute atomic E-state index is 13.5. The number of fused-ring (bicyclic) bond motifs is 1. The van der Waals surface area contributed by atoms with Crippen LogP contribution in [0.4, 0.5) is 0 Å². The van der Waals surface area contributed by atoms with Crippen LogP contribution in [0.25, 0.3) is 11.0 Å². The molecule has 0 saturated carbocycles. The number of aromatic amines is 1. The molecule has 0 aliphatic carbocycles. The van der Waals surface area contributed by atoms with Crippen LogP contribution in [0.3, 0.4) is 0 Å². The van der Waals surface area contributed by atoms with Crippen LogP contribution in [0.15, 0.2) is 22.6 Å². The minimum absolute atomic E-state index is 0.0301. The van der Waals surface area contributed by atoms with Crippen LogP contribution in [-0.2, 0) is 11.3 Å². The van der Waals surface area contributed by atoms with E-state index in [4.69, 9.17) is 14.1 Å². The lowest BCUT2D eigenvalue weighted by Gasteiger charge is -2.25. The molecule has 1 atom stereocenters. The third-order valence-electron chi connectivity index (χ3n) is 6.63. The largest absolute Gasteiger partial charge is 0.464 e. The Balaban J connectivity index is 1.37. The van der Waals surface area contributed by atoms with Gasteiger partial charge in [-0.1, -0.05) is 0 Å². The first-order valence-electron chi connectivity index (χ1n) is 11.2. The molecule has 0 unspecified atom stereocenters. The molecule has 3 aromatic rings. The first-order chi connectivity index (χ1) is 15.0. The zero-order chi connectivity index (χ0) is 21.5. The summed E-state index contributed by atoms with van der Waals surface area (Å²) in [4.78, 5) is 26.0. The second-order valence-electron chi connectivity index (χ2n) is 8.80. The summed E-state index contributed by atoms with van der Waals surface area (Å²) in [5, 5.41) is 0. The Morgan fingerprint density at radius 2 is 1.90 bits per heavy atom. The fourth-order valence-corrected chi connectivity index (χ4v) is 4.71. The molecule has 4 heterocycles. The number of furan rings is 1. The Morgan fingerprint density at radius 3 is 2.71 bits per heavy atom. The molecule has 2 saturated heterocycles. The minimum Gasteiger partial charge on any atom is -0.464 e. The SMILES string of the molecule is Cc1cc2nc([C@@H]3CCCN3C(=O)c3cc(CN4CCOCC4)oc3C)[nH]c2cc1C. The van der Waals surface area contributed by atoms with E-state index in [0.29, 0.717) is 17.9 Å². The highest BCUT2D eigenvalue weighted by atomic mass is 16.5. The van der Waals surface area contributed by atoms with Crippen LogP contribution in [0, 0.1) is 20.8 Å². The van der Waals surface area contributed by atoms with Gasteiger partial charge in [-0.3, -0.25) is 9.69 Å². The maximum atomic E-state index is 13.5. The molecule has 7 nitrogen and oxygen atoms in total. The van der Waals surface area contributed by atoms with E-state index in [1.807, 2.05) is 17.9 Å². The summed E-state index contributed by atoms with van der Waals surface area (Å²) in [6, 6.07) is 6.15. The van der Waals surface area contributed by atoms with Gasteiger partial charge >= 0.3 is 0 Å². The van der Waals surface area contributed by atoms with E-state index < -0.39 is 0 Å². The predicted octanol–water partition coefficient (Wildman–Crippen LogP) is 3.89. The highest BCUT2D eigenvalue weighted by Crippen LogP contribution is 2.34. The van der Waals surface area contributed by atoms with Gasteiger partial charge in [-0.15, -0.1) is 0 Å². The lowest BCUT2D eigenvalue weighted by molar-refractivity contribution is 0.0312. The Morgan fingerprint density at radius 1 is 1.13 bits per heavy atom. The number of carbonyl (C=O) groups is 1. The number of benzene rings is 1. The van der Waals surface area contributed by atoms with Gasteiger partial charge < -0.3 is 19.0 Å². The molecule has 7 heteroatoms. The van der Waals surface area contributed by atoms with Gasteiger partial charge in [0.1, 0.15) is 17.3 Å². The molecule has 2 aliphatic rings. The zero-order valence-corrected chi connectivity index (χ0v) is 18.5. The molecule has 0 bridgehead atoms. The number of carbonyl (C=O) groups excluding carboxylic acids is 1. The molecule has 0 radical (unpaired) electrons. The van der Waals surface area contributed by atoms with Crippen molar-refractivity contribution < 1.29 is 13.9 Å². The van der Waals surface area contributed by atoms with Crippen molar-refractivity contribution in [1.82, 2.24) is 19.8 Å². The number of ether oxygens (including phenoxy) is 1. The first kappa shape index (κ1) is 20.3. The van der Waals surface area contributed by atoms with Crippen LogP contribution in [-0.4, -0.2) is 58.5 Å². The van der Waals surface area contributed by atoms with Crippen molar-refractivity contribution >= 4 is 16.9 Å². The Hall–Kier alpha value is -2.64. The molecule has 164 valence electrons. The molecule has 0 spiro atoms. The number of imidazole rings is 1. The third-order valence-corrected chi connectivity index (χ3v) is 6.63. The van der Waals surface area contributed by atoms with Crippen molar-refractivity contribution in [3.05, 3.63) is 52.2 Å². The molecule has 2 aliphatic heterocycles. The van der Waals surface area contributed by atoms with Gasteiger partial charge in [0.05, 0.1) is 42.4 Å². The maximum Gasteiger partial charge on any atom is 0.258 e. The summed E-state index contributed by atoms with van der Waals surface area (Å²) >= 11 is 0. The topological polar surface area (TPSA) is 74.6 Å². The molecule has 1 amide bonds. The van der Waals surface area contributed by atoms with Crippen molar-refractivity contribution in [3.63, 3.8) is 0 Å². The number of nitrogens with zero attached hydrogens (tertiary/aromatic N) is 3. The first-order valence-corrected chi connectivity index (χ1v) is 11.2. The number of amides is 1. The lowest BCUT2D eigenvalue weighted by Crippen LogP contribution is -2.35. The summed E-state index contributed by atoms with van der Waals surface area (Å²) < 4.78 is 11.4. The average molecular weight is 423 g/mol. The van der Waals surface area contributed by atoms with E-state index in [-0.39, 0.29) is 11.9 Å². The van der Waals surface area contributed by atoms with Crippen LogP contribution in [0.5, 0.6) is 0 Å². The van der Waals surface area contributed by atoms with E-state index in [1.165, 1.54) is 11.1 Å². The zero-order valence-electron chi connectivity index (χ0n) is 18.5. The summed E-state index contributed by atoms with van der Waals surface area (Å²) in [6.07, 6.45) is 1.89. The molecule has 2 fully saturated rings. The van der Waals surface area contributed by atoms with Gasteiger partial charge in [0, 0.05) is 19.6 Å². The lowest BCUT2D eigenvalue weighted by atomic mass is 10.1. The van der Waals surface area contributed by atoms with Gasteiger partial charge in [0.2, 0.25) is 0 Å². The number of aryl methyl sites for hydroxylation is 3. The van der Waals surface area contributed by atoms with Gasteiger partial charge in [-0.2, -0.15) is 0 Å². The Labute approximate surface area is 182 Å². The van der Waals surface area contributed by atoms with Crippen molar-refractivity contribution in [2.75, 3.05) is 32.8 Å². The number of aromatic nitrogens is 2. The average Bonchev–Trinajstić information content (AvgIpc) is 3.47.